The molecular weight excluding hydrogens is 276 g/mol. The number of nitrogens with one attached hydrogen (secondary N) is 1. The molecule has 1 aromatic carbocycles. The van der Waals surface area contributed by atoms with Gasteiger partial charge in [0.2, 0.25) is 0 Å². The number of pyridine rings is 1. The van der Waals surface area contributed by atoms with Gasteiger partial charge in [-0.1, -0.05) is 0 Å². The Morgan fingerprint density at radius 3 is 2.59 bits per heavy atom. The van der Waals surface area contributed by atoms with Gasteiger partial charge in [0.15, 0.2) is 0 Å². The zero-order valence-electron chi connectivity index (χ0n) is 12.8. The first kappa shape index (κ1) is 13.8. The van der Waals surface area contributed by atoms with E-state index in [1.807, 2.05) is 6.20 Å². The number of benzene rings is 1. The van der Waals surface area contributed by atoms with Gasteiger partial charge < -0.3 is 19.9 Å². The van der Waals surface area contributed by atoms with Crippen molar-refractivity contribution in [2.75, 3.05) is 62.3 Å². The maximum absolute atomic E-state index is 5.45. The molecule has 1 N–H and O–H groups in total. The first-order valence-electron chi connectivity index (χ1n) is 8.09. The predicted molar refractivity (Wildman–Crippen MR) is 89.9 cm³/mol. The third-order valence-corrected chi connectivity index (χ3v) is 4.52. The summed E-state index contributed by atoms with van der Waals surface area (Å²) in [6.07, 6.45) is 1.93. The summed E-state index contributed by atoms with van der Waals surface area (Å²) < 4.78 is 5.45. The molecule has 5 heteroatoms. The molecule has 5 nitrogen and oxygen atoms in total. The molecule has 0 unspecified atom stereocenters. The maximum Gasteiger partial charge on any atom is 0.136 e. The number of hydrogen-bond acceptors (Lipinski definition) is 5. The Morgan fingerprint density at radius 1 is 0.955 bits per heavy atom. The molecule has 2 aliphatic heterocycles. The number of nitrogens with zero attached hydrogens (tertiary/aromatic N) is 3. The molecule has 0 spiro atoms. The van der Waals surface area contributed by atoms with Crippen LogP contribution in [0.5, 0.6) is 0 Å². The van der Waals surface area contributed by atoms with E-state index >= 15 is 0 Å². The monoisotopic (exact) mass is 298 g/mol. The summed E-state index contributed by atoms with van der Waals surface area (Å²) >= 11 is 0. The van der Waals surface area contributed by atoms with E-state index in [1.54, 1.807) is 0 Å². The third kappa shape index (κ3) is 2.62. The van der Waals surface area contributed by atoms with Gasteiger partial charge in [-0.15, -0.1) is 0 Å². The molecular formula is C17H22N4O. The van der Waals surface area contributed by atoms with Crippen LogP contribution in [-0.4, -0.2) is 57.5 Å². The van der Waals surface area contributed by atoms with Crippen LogP contribution in [-0.2, 0) is 4.74 Å². The van der Waals surface area contributed by atoms with Gasteiger partial charge in [-0.25, -0.2) is 4.98 Å². The average Bonchev–Trinajstić information content (AvgIpc) is 2.62. The second-order valence-electron chi connectivity index (χ2n) is 5.88. The summed E-state index contributed by atoms with van der Waals surface area (Å²) in [6.45, 7) is 7.70. The van der Waals surface area contributed by atoms with Crippen LogP contribution in [0.2, 0.25) is 0 Å². The molecule has 1 aromatic heterocycles. The van der Waals surface area contributed by atoms with Gasteiger partial charge in [0.25, 0.3) is 0 Å². The molecule has 0 bridgehead atoms. The average molecular weight is 298 g/mol. The van der Waals surface area contributed by atoms with Crippen LogP contribution >= 0.6 is 0 Å². The van der Waals surface area contributed by atoms with Gasteiger partial charge in [0.1, 0.15) is 5.82 Å². The minimum atomic E-state index is 0.789. The molecule has 2 saturated heterocycles. The van der Waals surface area contributed by atoms with Crippen molar-refractivity contribution >= 4 is 22.3 Å². The first-order chi connectivity index (χ1) is 10.9. The minimum absolute atomic E-state index is 0.789. The van der Waals surface area contributed by atoms with Gasteiger partial charge in [-0.3, -0.25) is 0 Å². The van der Waals surface area contributed by atoms with Crippen molar-refractivity contribution < 1.29 is 4.74 Å². The third-order valence-electron chi connectivity index (χ3n) is 4.52. The molecule has 0 saturated carbocycles. The number of hydrogen-bond donors (Lipinski definition) is 1. The summed E-state index contributed by atoms with van der Waals surface area (Å²) in [5.74, 6) is 1.09. The standard InChI is InChI=1S/C17H22N4O/c1-2-16-14(13-15(1)20-7-5-18-6-8-20)3-4-19-17(16)21-9-11-22-12-10-21/h1-4,13,18H,5-12H2. The highest BCUT2D eigenvalue weighted by Crippen LogP contribution is 2.28. The molecule has 22 heavy (non-hydrogen) atoms. The quantitative estimate of drug-likeness (QED) is 0.909. The van der Waals surface area contributed by atoms with Crippen LogP contribution in [0.25, 0.3) is 10.8 Å². The predicted octanol–water partition coefficient (Wildman–Crippen LogP) is 1.48. The summed E-state index contributed by atoms with van der Waals surface area (Å²) in [5, 5.41) is 5.91. The van der Waals surface area contributed by atoms with Crippen molar-refractivity contribution in [3.05, 3.63) is 30.5 Å². The molecule has 0 atom stereocenters. The highest BCUT2D eigenvalue weighted by molar-refractivity contribution is 5.94. The number of morpholine rings is 1. The van der Waals surface area contributed by atoms with Crippen LogP contribution in [0.3, 0.4) is 0 Å². The molecule has 2 aliphatic rings. The van der Waals surface area contributed by atoms with E-state index in [-0.39, 0.29) is 0 Å². The first-order valence-corrected chi connectivity index (χ1v) is 8.09. The van der Waals surface area contributed by atoms with Gasteiger partial charge >= 0.3 is 0 Å². The molecule has 0 radical (unpaired) electrons. The molecule has 0 amide bonds. The van der Waals surface area contributed by atoms with Crippen LogP contribution in [0.15, 0.2) is 30.5 Å². The number of piperazine rings is 1. The van der Waals surface area contributed by atoms with Crippen LogP contribution < -0.4 is 15.1 Å². The fourth-order valence-electron chi connectivity index (χ4n) is 3.30. The summed E-state index contributed by atoms with van der Waals surface area (Å²) in [4.78, 5) is 9.40. The highest BCUT2D eigenvalue weighted by Gasteiger charge is 2.16. The largest absolute Gasteiger partial charge is 0.378 e. The number of ether oxygens (including phenoxy) is 1. The van der Waals surface area contributed by atoms with Crippen LogP contribution in [0.1, 0.15) is 0 Å². The molecule has 2 aromatic rings. The van der Waals surface area contributed by atoms with E-state index in [0.717, 1.165) is 58.3 Å². The molecule has 116 valence electrons. The normalized spacial score (nSPS) is 19.6. The zero-order valence-corrected chi connectivity index (χ0v) is 12.8. The number of rotatable bonds is 2. The Kier molecular flexibility index (Phi) is 3.83. The molecule has 3 heterocycles. The second kappa shape index (κ2) is 6.10. The van der Waals surface area contributed by atoms with Crippen molar-refractivity contribution in [3.63, 3.8) is 0 Å². The molecule has 2 fully saturated rings. The van der Waals surface area contributed by atoms with Gasteiger partial charge in [-0.2, -0.15) is 0 Å². The smallest absolute Gasteiger partial charge is 0.136 e. The van der Waals surface area contributed by atoms with Gasteiger partial charge in [0, 0.05) is 56.5 Å². The van der Waals surface area contributed by atoms with Crippen molar-refractivity contribution in [1.82, 2.24) is 10.3 Å². The van der Waals surface area contributed by atoms with Crippen molar-refractivity contribution in [1.29, 1.82) is 0 Å². The Hall–Kier alpha value is -1.85. The van der Waals surface area contributed by atoms with Crippen molar-refractivity contribution in [2.45, 2.75) is 0 Å². The fourth-order valence-corrected chi connectivity index (χ4v) is 3.30. The van der Waals surface area contributed by atoms with E-state index in [4.69, 9.17) is 4.74 Å². The Bertz CT molecular complexity index is 648. The van der Waals surface area contributed by atoms with E-state index in [2.05, 4.69) is 44.4 Å². The lowest BCUT2D eigenvalue weighted by molar-refractivity contribution is 0.122. The van der Waals surface area contributed by atoms with Crippen molar-refractivity contribution in [2.24, 2.45) is 0 Å². The number of fused-ring (bicyclic) bond motifs is 1. The van der Waals surface area contributed by atoms with Gasteiger partial charge in [-0.05, 0) is 29.7 Å². The highest BCUT2D eigenvalue weighted by atomic mass is 16.5. The number of anilines is 2. The lowest BCUT2D eigenvalue weighted by Crippen LogP contribution is -2.43. The summed E-state index contributed by atoms with van der Waals surface area (Å²) in [6, 6.07) is 8.88. The van der Waals surface area contributed by atoms with E-state index in [9.17, 15) is 0 Å². The summed E-state index contributed by atoms with van der Waals surface area (Å²) in [7, 11) is 0. The SMILES string of the molecule is c1cc2cc(N3CCNCC3)ccc2c(N2CCOCC2)n1. The topological polar surface area (TPSA) is 40.6 Å². The van der Waals surface area contributed by atoms with Gasteiger partial charge in [0.05, 0.1) is 13.2 Å². The lowest BCUT2D eigenvalue weighted by Gasteiger charge is -2.30. The molecule has 4 rings (SSSR count). The Balaban J connectivity index is 1.68. The zero-order chi connectivity index (χ0) is 14.8. The lowest BCUT2D eigenvalue weighted by atomic mass is 10.1. The van der Waals surface area contributed by atoms with E-state index in [1.165, 1.54) is 16.5 Å². The molecule has 0 aliphatic carbocycles. The second-order valence-corrected chi connectivity index (χ2v) is 5.88. The fraction of sp³-hybridized carbons (Fsp3) is 0.471. The summed E-state index contributed by atoms with van der Waals surface area (Å²) in [5.41, 5.74) is 1.31. The van der Waals surface area contributed by atoms with E-state index < -0.39 is 0 Å². The van der Waals surface area contributed by atoms with E-state index in [0.29, 0.717) is 0 Å². The van der Waals surface area contributed by atoms with Crippen molar-refractivity contribution in [3.8, 4) is 0 Å². The Morgan fingerprint density at radius 2 is 1.77 bits per heavy atom. The number of aromatic nitrogens is 1. The van der Waals surface area contributed by atoms with Crippen LogP contribution in [0, 0.1) is 0 Å². The Labute approximate surface area is 130 Å². The van der Waals surface area contributed by atoms with Crippen LogP contribution in [0.4, 0.5) is 11.5 Å². The maximum atomic E-state index is 5.45. The minimum Gasteiger partial charge on any atom is -0.378 e.